The summed E-state index contributed by atoms with van der Waals surface area (Å²) in [7, 11) is 0. The van der Waals surface area contributed by atoms with Crippen LogP contribution in [-0.2, 0) is 4.79 Å². The molecule has 0 saturated carbocycles. The summed E-state index contributed by atoms with van der Waals surface area (Å²) in [5.74, 6) is 0.185. The predicted octanol–water partition coefficient (Wildman–Crippen LogP) is 2.88. The maximum absolute atomic E-state index is 12.3. The smallest absolute Gasteiger partial charge is 0.387 e. The van der Waals surface area contributed by atoms with Crippen LogP contribution in [0.5, 0.6) is 11.5 Å². The summed E-state index contributed by atoms with van der Waals surface area (Å²) in [4.78, 5) is 11.5. The third-order valence-electron chi connectivity index (χ3n) is 2.53. The summed E-state index contributed by atoms with van der Waals surface area (Å²) >= 11 is 6.23. The van der Waals surface area contributed by atoms with Crippen LogP contribution in [0.3, 0.4) is 0 Å². The van der Waals surface area contributed by atoms with Crippen molar-refractivity contribution in [1.29, 1.82) is 0 Å². The molecular weight excluding hydrogens is 334 g/mol. The summed E-state index contributed by atoms with van der Waals surface area (Å²) in [6.45, 7) is -0.910. The Bertz CT molecular complexity index is 595. The highest BCUT2D eigenvalue weighted by Gasteiger charge is 2.26. The molecule has 0 atom stereocenters. The summed E-state index contributed by atoms with van der Waals surface area (Å²) in [5, 5.41) is 5.13. The van der Waals surface area contributed by atoms with Gasteiger partial charge < -0.3 is 9.47 Å². The third kappa shape index (κ3) is 4.14. The number of benzene rings is 1. The molecule has 0 aliphatic carbocycles. The molecular formula is C13H12F2N2O3S2. The number of ether oxygens (including phenoxy) is 2. The van der Waals surface area contributed by atoms with E-state index in [2.05, 4.69) is 9.84 Å². The minimum Gasteiger partial charge on any atom is -0.490 e. The molecule has 22 heavy (non-hydrogen) atoms. The quantitative estimate of drug-likeness (QED) is 0.586. The lowest BCUT2D eigenvalue weighted by Crippen LogP contribution is -2.22. The first kappa shape index (κ1) is 16.6. The molecule has 0 N–H and O–H groups in total. The first-order valence-electron chi connectivity index (χ1n) is 6.26. The molecule has 9 heteroatoms. The first-order chi connectivity index (χ1) is 10.5. The SMILES string of the molecule is CCOc1cc(C=NN2C(=O)CSC2=S)ccc1OC(F)F. The Labute approximate surface area is 135 Å². The van der Waals surface area contributed by atoms with Gasteiger partial charge in [0.25, 0.3) is 5.91 Å². The van der Waals surface area contributed by atoms with E-state index in [1.54, 1.807) is 6.92 Å². The summed E-state index contributed by atoms with van der Waals surface area (Å²) in [5.41, 5.74) is 0.567. The van der Waals surface area contributed by atoms with Gasteiger partial charge in [-0.25, -0.2) is 0 Å². The minimum absolute atomic E-state index is 0.0580. The normalized spacial score (nSPS) is 15.2. The van der Waals surface area contributed by atoms with Crippen LogP contribution in [-0.4, -0.2) is 40.4 Å². The number of thioether (sulfide) groups is 1. The Morgan fingerprint density at radius 3 is 2.86 bits per heavy atom. The maximum atomic E-state index is 12.3. The van der Waals surface area contributed by atoms with Crippen LogP contribution in [0.2, 0.25) is 0 Å². The second-order valence-corrected chi connectivity index (χ2v) is 5.63. The molecule has 5 nitrogen and oxygen atoms in total. The van der Waals surface area contributed by atoms with Crippen molar-refractivity contribution in [2.75, 3.05) is 12.4 Å². The fraction of sp³-hybridized carbons (Fsp3) is 0.308. The zero-order valence-corrected chi connectivity index (χ0v) is 13.1. The van der Waals surface area contributed by atoms with Crippen molar-refractivity contribution in [2.45, 2.75) is 13.5 Å². The molecule has 1 fully saturated rings. The number of carbonyl (C=O) groups excluding carboxylic acids is 1. The highest BCUT2D eigenvalue weighted by molar-refractivity contribution is 8.23. The van der Waals surface area contributed by atoms with Crippen LogP contribution >= 0.6 is 24.0 Å². The van der Waals surface area contributed by atoms with E-state index in [0.717, 1.165) is 5.01 Å². The fourth-order valence-electron chi connectivity index (χ4n) is 1.65. The molecule has 0 radical (unpaired) electrons. The molecule has 2 rings (SSSR count). The second kappa shape index (κ2) is 7.50. The van der Waals surface area contributed by atoms with E-state index in [-0.39, 0.29) is 23.2 Å². The van der Waals surface area contributed by atoms with Gasteiger partial charge in [-0.2, -0.15) is 18.9 Å². The van der Waals surface area contributed by atoms with Crippen LogP contribution in [0.25, 0.3) is 0 Å². The summed E-state index contributed by atoms with van der Waals surface area (Å²) in [6, 6.07) is 4.39. The number of hydrogen-bond donors (Lipinski definition) is 0. The Kier molecular flexibility index (Phi) is 5.67. The van der Waals surface area contributed by atoms with E-state index in [1.165, 1.54) is 36.2 Å². The zero-order chi connectivity index (χ0) is 16.1. The minimum atomic E-state index is -2.93. The number of thiocarbonyl (C=S) groups is 1. The van der Waals surface area contributed by atoms with Crippen LogP contribution in [0.4, 0.5) is 8.78 Å². The number of carbonyl (C=O) groups is 1. The number of nitrogens with zero attached hydrogens (tertiary/aromatic N) is 2. The molecule has 1 aliphatic rings. The first-order valence-corrected chi connectivity index (χ1v) is 7.66. The Balaban J connectivity index is 2.19. The Hall–Kier alpha value is -1.74. The topological polar surface area (TPSA) is 51.1 Å². The number of amides is 1. The van der Waals surface area contributed by atoms with Gasteiger partial charge in [0.1, 0.15) is 0 Å². The lowest BCUT2D eigenvalue weighted by Gasteiger charge is -2.12. The van der Waals surface area contributed by atoms with E-state index in [1.807, 2.05) is 0 Å². The van der Waals surface area contributed by atoms with Gasteiger partial charge in [-0.15, -0.1) is 0 Å². The van der Waals surface area contributed by atoms with Crippen LogP contribution in [0, 0.1) is 0 Å². The lowest BCUT2D eigenvalue weighted by molar-refractivity contribution is -0.124. The average Bonchev–Trinajstić information content (AvgIpc) is 2.78. The third-order valence-corrected chi connectivity index (χ3v) is 3.87. The predicted molar refractivity (Wildman–Crippen MR) is 83.7 cm³/mol. The lowest BCUT2D eigenvalue weighted by atomic mass is 10.2. The van der Waals surface area contributed by atoms with Gasteiger partial charge in [0, 0.05) is 0 Å². The molecule has 1 saturated heterocycles. The van der Waals surface area contributed by atoms with E-state index < -0.39 is 6.61 Å². The second-order valence-electron chi connectivity index (χ2n) is 4.02. The summed E-state index contributed by atoms with van der Waals surface area (Å²) in [6.07, 6.45) is 1.41. The van der Waals surface area contributed by atoms with Gasteiger partial charge in [0.15, 0.2) is 15.8 Å². The van der Waals surface area contributed by atoms with Gasteiger partial charge in [0.05, 0.1) is 18.6 Å². The van der Waals surface area contributed by atoms with Crippen molar-refractivity contribution in [3.63, 3.8) is 0 Å². The number of hydrazone groups is 1. The molecule has 1 aromatic carbocycles. The van der Waals surface area contributed by atoms with Gasteiger partial charge >= 0.3 is 6.61 Å². The molecule has 1 heterocycles. The van der Waals surface area contributed by atoms with Gasteiger partial charge in [0.2, 0.25) is 0 Å². The average molecular weight is 346 g/mol. The van der Waals surface area contributed by atoms with Crippen LogP contribution in [0.1, 0.15) is 12.5 Å². The number of hydrogen-bond acceptors (Lipinski definition) is 6. The monoisotopic (exact) mass is 346 g/mol. The summed E-state index contributed by atoms with van der Waals surface area (Å²) < 4.78 is 34.6. The molecule has 0 spiro atoms. The maximum Gasteiger partial charge on any atom is 0.387 e. The highest BCUT2D eigenvalue weighted by Crippen LogP contribution is 2.29. The van der Waals surface area contributed by atoms with Crippen molar-refractivity contribution in [3.8, 4) is 11.5 Å². The van der Waals surface area contributed by atoms with Gasteiger partial charge in [-0.3, -0.25) is 4.79 Å². The molecule has 0 bridgehead atoms. The van der Waals surface area contributed by atoms with Crippen molar-refractivity contribution >= 4 is 40.4 Å². The number of halogens is 2. The van der Waals surface area contributed by atoms with Gasteiger partial charge in [-0.05, 0) is 30.7 Å². The molecule has 0 unspecified atom stereocenters. The van der Waals surface area contributed by atoms with E-state index in [9.17, 15) is 13.6 Å². The highest BCUT2D eigenvalue weighted by atomic mass is 32.2. The van der Waals surface area contributed by atoms with E-state index in [0.29, 0.717) is 16.5 Å². The number of alkyl halides is 2. The Morgan fingerprint density at radius 2 is 2.27 bits per heavy atom. The fourth-order valence-corrected chi connectivity index (χ4v) is 2.62. The van der Waals surface area contributed by atoms with Gasteiger partial charge in [-0.1, -0.05) is 24.0 Å². The molecule has 1 aromatic rings. The Morgan fingerprint density at radius 1 is 1.50 bits per heavy atom. The molecule has 0 aromatic heterocycles. The molecule has 118 valence electrons. The molecule has 1 aliphatic heterocycles. The number of rotatable bonds is 6. The zero-order valence-electron chi connectivity index (χ0n) is 11.5. The molecule has 1 amide bonds. The van der Waals surface area contributed by atoms with Crippen molar-refractivity contribution in [3.05, 3.63) is 23.8 Å². The van der Waals surface area contributed by atoms with Crippen molar-refractivity contribution in [2.24, 2.45) is 5.10 Å². The van der Waals surface area contributed by atoms with Crippen LogP contribution in [0.15, 0.2) is 23.3 Å². The van der Waals surface area contributed by atoms with Crippen molar-refractivity contribution < 1.29 is 23.0 Å². The van der Waals surface area contributed by atoms with E-state index in [4.69, 9.17) is 17.0 Å². The largest absolute Gasteiger partial charge is 0.490 e. The van der Waals surface area contributed by atoms with E-state index >= 15 is 0 Å². The standard InChI is InChI=1S/C13H12F2N2O3S2/c1-2-19-10-5-8(3-4-9(10)20-12(14)15)6-16-17-11(18)7-22-13(17)21/h3-6,12H,2,7H2,1H3. The van der Waals surface area contributed by atoms with Crippen molar-refractivity contribution in [1.82, 2.24) is 5.01 Å². The van der Waals surface area contributed by atoms with Crippen LogP contribution < -0.4 is 9.47 Å².